The summed E-state index contributed by atoms with van der Waals surface area (Å²) in [5, 5.41) is 0. The minimum atomic E-state index is 0.214. The van der Waals surface area contributed by atoms with Gasteiger partial charge in [-0.25, -0.2) is 4.79 Å². The number of likely N-dealkylation sites (tertiary alicyclic amines) is 2. The number of benzene rings is 1. The van der Waals surface area contributed by atoms with Crippen LogP contribution in [0.4, 0.5) is 4.79 Å². The first-order valence-corrected chi connectivity index (χ1v) is 11.5. The molecule has 3 heterocycles. The minimum absolute atomic E-state index is 0.214. The van der Waals surface area contributed by atoms with E-state index in [0.29, 0.717) is 0 Å². The van der Waals surface area contributed by atoms with E-state index >= 15 is 0 Å². The summed E-state index contributed by atoms with van der Waals surface area (Å²) in [6.07, 6.45) is 10.6. The fraction of sp³-hybridized carbons (Fsp3) is 0.625. The van der Waals surface area contributed by atoms with E-state index in [9.17, 15) is 4.79 Å². The third kappa shape index (κ3) is 5.53. The van der Waals surface area contributed by atoms with Gasteiger partial charge in [-0.2, -0.15) is 0 Å². The number of hydrogen-bond acceptors (Lipinski definition) is 3. The van der Waals surface area contributed by atoms with Gasteiger partial charge in [0.05, 0.1) is 6.61 Å². The molecule has 3 aliphatic heterocycles. The number of carbonyl (C=O) groups excluding carboxylic acids is 1. The first-order valence-electron chi connectivity index (χ1n) is 11.5. The predicted octanol–water partition coefficient (Wildman–Crippen LogP) is 4.25. The molecule has 0 radical (unpaired) electrons. The molecule has 158 valence electrons. The maximum absolute atomic E-state index is 12.5. The molecule has 0 spiro atoms. The van der Waals surface area contributed by atoms with Gasteiger partial charge >= 0.3 is 6.03 Å². The zero-order chi connectivity index (χ0) is 19.9. The van der Waals surface area contributed by atoms with E-state index in [-0.39, 0.29) is 6.03 Å². The molecule has 3 aliphatic rings. The van der Waals surface area contributed by atoms with Crippen molar-refractivity contribution >= 4 is 11.6 Å². The fourth-order valence-corrected chi connectivity index (χ4v) is 4.64. The number of rotatable bonds is 6. The molecule has 0 aromatic heterocycles. The van der Waals surface area contributed by atoms with Crippen LogP contribution in [0.15, 0.2) is 30.3 Å². The van der Waals surface area contributed by atoms with Gasteiger partial charge in [-0.05, 0) is 74.9 Å². The number of carbonyl (C=O) groups is 1. The summed E-state index contributed by atoms with van der Waals surface area (Å²) in [4.78, 5) is 19.1. The molecule has 2 saturated heterocycles. The SMILES string of the molecule is O=C(N1CC=C(c2ccc(OCCCN3CCCCC3)cc2)CC1)N1CCCC1. The van der Waals surface area contributed by atoms with Crippen LogP contribution in [-0.2, 0) is 0 Å². The number of piperidine rings is 1. The van der Waals surface area contributed by atoms with Crippen LogP contribution in [0.2, 0.25) is 0 Å². The van der Waals surface area contributed by atoms with Crippen molar-refractivity contribution in [3.8, 4) is 5.75 Å². The van der Waals surface area contributed by atoms with Crippen molar-refractivity contribution in [1.29, 1.82) is 0 Å². The maximum Gasteiger partial charge on any atom is 0.320 e. The summed E-state index contributed by atoms with van der Waals surface area (Å²) in [5.41, 5.74) is 2.59. The summed E-state index contributed by atoms with van der Waals surface area (Å²) >= 11 is 0. The van der Waals surface area contributed by atoms with E-state index in [0.717, 1.165) is 70.8 Å². The minimum Gasteiger partial charge on any atom is -0.494 e. The van der Waals surface area contributed by atoms with Gasteiger partial charge in [0.1, 0.15) is 5.75 Å². The van der Waals surface area contributed by atoms with Crippen molar-refractivity contribution in [2.75, 3.05) is 52.4 Å². The quantitative estimate of drug-likeness (QED) is 0.674. The first kappa shape index (κ1) is 20.3. The zero-order valence-corrected chi connectivity index (χ0v) is 17.7. The third-order valence-electron chi connectivity index (χ3n) is 6.42. The smallest absolute Gasteiger partial charge is 0.320 e. The van der Waals surface area contributed by atoms with Gasteiger partial charge in [0, 0.05) is 32.7 Å². The lowest BCUT2D eigenvalue weighted by atomic mass is 9.99. The molecule has 5 heteroatoms. The van der Waals surface area contributed by atoms with Crippen LogP contribution in [0, 0.1) is 0 Å². The van der Waals surface area contributed by atoms with Crippen molar-refractivity contribution in [3.63, 3.8) is 0 Å². The highest BCUT2D eigenvalue weighted by atomic mass is 16.5. The highest BCUT2D eigenvalue weighted by Crippen LogP contribution is 2.25. The molecule has 0 N–H and O–H groups in total. The molecule has 5 nitrogen and oxygen atoms in total. The van der Waals surface area contributed by atoms with Gasteiger partial charge in [-0.15, -0.1) is 0 Å². The summed E-state index contributed by atoms with van der Waals surface area (Å²) in [6, 6.07) is 8.69. The Morgan fingerprint density at radius 1 is 0.862 bits per heavy atom. The predicted molar refractivity (Wildman–Crippen MR) is 117 cm³/mol. The highest BCUT2D eigenvalue weighted by molar-refractivity contribution is 5.77. The third-order valence-corrected chi connectivity index (χ3v) is 6.42. The van der Waals surface area contributed by atoms with Gasteiger partial charge < -0.3 is 19.4 Å². The molecule has 0 saturated carbocycles. The van der Waals surface area contributed by atoms with Crippen molar-refractivity contribution in [2.45, 2.75) is 44.9 Å². The summed E-state index contributed by atoms with van der Waals surface area (Å²) in [5.74, 6) is 0.953. The molecular formula is C24H35N3O2. The Morgan fingerprint density at radius 2 is 1.59 bits per heavy atom. The van der Waals surface area contributed by atoms with Gasteiger partial charge in [-0.3, -0.25) is 0 Å². The van der Waals surface area contributed by atoms with Crippen LogP contribution in [0.25, 0.3) is 5.57 Å². The normalized spacial score (nSPS) is 20.6. The molecule has 1 aromatic rings. The molecule has 0 atom stereocenters. The Balaban J connectivity index is 1.21. The number of urea groups is 1. The number of amides is 2. The standard InChI is InChI=1S/C24H35N3O2/c28-24(26-16-4-5-17-26)27-18-11-22(12-19-27)21-7-9-23(10-8-21)29-20-6-15-25-13-2-1-3-14-25/h7-11H,1-6,12-20H2. The van der Waals surface area contributed by atoms with E-state index in [1.54, 1.807) is 0 Å². The molecule has 29 heavy (non-hydrogen) atoms. The molecule has 2 fully saturated rings. The van der Waals surface area contributed by atoms with Gasteiger partial charge in [-0.1, -0.05) is 24.6 Å². The highest BCUT2D eigenvalue weighted by Gasteiger charge is 2.25. The lowest BCUT2D eigenvalue weighted by Gasteiger charge is -2.30. The molecule has 2 amide bonds. The van der Waals surface area contributed by atoms with Crippen molar-refractivity contribution in [3.05, 3.63) is 35.9 Å². The molecule has 0 unspecified atom stereocenters. The van der Waals surface area contributed by atoms with Crippen LogP contribution in [0.5, 0.6) is 5.75 Å². The largest absolute Gasteiger partial charge is 0.494 e. The Kier molecular flexibility index (Phi) is 7.09. The van der Waals surface area contributed by atoms with Gasteiger partial charge in [0.25, 0.3) is 0 Å². The van der Waals surface area contributed by atoms with E-state index < -0.39 is 0 Å². The lowest BCUT2D eigenvalue weighted by molar-refractivity contribution is 0.167. The monoisotopic (exact) mass is 397 g/mol. The zero-order valence-electron chi connectivity index (χ0n) is 17.7. The van der Waals surface area contributed by atoms with Crippen molar-refractivity contribution in [1.82, 2.24) is 14.7 Å². The van der Waals surface area contributed by atoms with Gasteiger partial charge in [0.15, 0.2) is 0 Å². The van der Waals surface area contributed by atoms with Crippen LogP contribution in [-0.4, -0.2) is 73.2 Å². The Morgan fingerprint density at radius 3 is 2.28 bits per heavy atom. The Labute approximate surface area is 175 Å². The Bertz CT molecular complexity index is 689. The van der Waals surface area contributed by atoms with Crippen LogP contribution in [0.1, 0.15) is 50.5 Å². The summed E-state index contributed by atoms with van der Waals surface area (Å²) < 4.78 is 5.94. The summed E-state index contributed by atoms with van der Waals surface area (Å²) in [7, 11) is 0. The number of hydrogen-bond donors (Lipinski definition) is 0. The molecule has 0 aliphatic carbocycles. The van der Waals surface area contributed by atoms with Crippen molar-refractivity contribution in [2.24, 2.45) is 0 Å². The molecular weight excluding hydrogens is 362 g/mol. The molecule has 0 bridgehead atoms. The van der Waals surface area contributed by atoms with E-state index in [1.807, 2.05) is 9.80 Å². The van der Waals surface area contributed by atoms with Crippen LogP contribution >= 0.6 is 0 Å². The number of nitrogens with zero attached hydrogens (tertiary/aromatic N) is 3. The van der Waals surface area contributed by atoms with Crippen LogP contribution in [0.3, 0.4) is 0 Å². The van der Waals surface area contributed by atoms with Crippen LogP contribution < -0.4 is 4.74 Å². The second-order valence-electron chi connectivity index (χ2n) is 8.53. The maximum atomic E-state index is 12.5. The first-order chi connectivity index (χ1) is 14.3. The Hall–Kier alpha value is -2.01. The fourth-order valence-electron chi connectivity index (χ4n) is 4.64. The van der Waals surface area contributed by atoms with E-state index in [4.69, 9.17) is 4.74 Å². The second-order valence-corrected chi connectivity index (χ2v) is 8.53. The van der Waals surface area contributed by atoms with E-state index in [2.05, 4.69) is 35.2 Å². The van der Waals surface area contributed by atoms with E-state index in [1.165, 1.54) is 43.5 Å². The average molecular weight is 398 g/mol. The second kappa shape index (κ2) is 10.1. The molecule has 4 rings (SSSR count). The van der Waals surface area contributed by atoms with Crippen molar-refractivity contribution < 1.29 is 9.53 Å². The summed E-state index contributed by atoms with van der Waals surface area (Å²) in [6.45, 7) is 7.82. The molecule has 1 aromatic carbocycles. The average Bonchev–Trinajstić information content (AvgIpc) is 3.33. The lowest BCUT2D eigenvalue weighted by Crippen LogP contribution is -2.43. The van der Waals surface area contributed by atoms with Gasteiger partial charge in [0.2, 0.25) is 0 Å². The topological polar surface area (TPSA) is 36.0 Å². The number of ether oxygens (including phenoxy) is 1.